The summed E-state index contributed by atoms with van der Waals surface area (Å²) in [6, 6.07) is 2.07. The third-order valence-electron chi connectivity index (χ3n) is 2.41. The van der Waals surface area contributed by atoms with Crippen molar-refractivity contribution in [1.29, 1.82) is 0 Å². The zero-order chi connectivity index (χ0) is 13.1. The Kier molecular flexibility index (Phi) is 3.98. The van der Waals surface area contributed by atoms with Crippen molar-refractivity contribution in [2.75, 3.05) is 0 Å². The number of thiophene rings is 1. The smallest absolute Gasteiger partial charge is 0.291 e. The molecular formula is C11H13ClN4OS. The van der Waals surface area contributed by atoms with Crippen LogP contribution in [0.4, 0.5) is 0 Å². The van der Waals surface area contributed by atoms with Gasteiger partial charge in [0.15, 0.2) is 0 Å². The lowest BCUT2D eigenvalue weighted by Gasteiger charge is -2.11. The molecule has 0 saturated carbocycles. The van der Waals surface area contributed by atoms with E-state index in [2.05, 4.69) is 20.8 Å². The second kappa shape index (κ2) is 5.49. The second-order valence-corrected chi connectivity index (χ2v) is 5.16. The summed E-state index contributed by atoms with van der Waals surface area (Å²) >= 11 is 7.38. The fourth-order valence-electron chi connectivity index (χ4n) is 1.56. The van der Waals surface area contributed by atoms with Crippen LogP contribution in [0.25, 0.3) is 0 Å². The third-order valence-corrected chi connectivity index (χ3v) is 3.47. The first kappa shape index (κ1) is 13.0. The van der Waals surface area contributed by atoms with Crippen LogP contribution >= 0.6 is 22.9 Å². The molecule has 0 aliphatic rings. The van der Waals surface area contributed by atoms with Gasteiger partial charge >= 0.3 is 0 Å². The zero-order valence-electron chi connectivity index (χ0n) is 10.1. The lowest BCUT2D eigenvalue weighted by Crippen LogP contribution is -2.34. The molecule has 96 valence electrons. The number of nitrogens with one attached hydrogen (secondary N) is 1. The maximum absolute atomic E-state index is 11.8. The van der Waals surface area contributed by atoms with Gasteiger partial charge in [0.05, 0.1) is 0 Å². The van der Waals surface area contributed by atoms with Gasteiger partial charge in [-0.1, -0.05) is 0 Å². The van der Waals surface area contributed by atoms with Crippen LogP contribution in [0.1, 0.15) is 23.1 Å². The van der Waals surface area contributed by atoms with Crippen LogP contribution in [0.2, 0.25) is 5.28 Å². The molecule has 1 atom stereocenters. The molecule has 7 heteroatoms. The van der Waals surface area contributed by atoms with Crippen LogP contribution in [-0.2, 0) is 13.5 Å². The molecule has 18 heavy (non-hydrogen) atoms. The standard InChI is InChI=1S/C11H13ClN4OS/c1-7(5-8-3-4-18-6-8)13-10(17)9-14-11(12)16(2)15-9/h3-4,6-7H,5H2,1-2H3,(H,13,17). The fourth-order valence-corrected chi connectivity index (χ4v) is 2.36. The van der Waals surface area contributed by atoms with Crippen LogP contribution in [-0.4, -0.2) is 26.7 Å². The number of amides is 1. The highest BCUT2D eigenvalue weighted by Crippen LogP contribution is 2.09. The van der Waals surface area contributed by atoms with Gasteiger partial charge in [-0.25, -0.2) is 4.68 Å². The lowest BCUT2D eigenvalue weighted by atomic mass is 10.1. The summed E-state index contributed by atoms with van der Waals surface area (Å²) in [6.45, 7) is 1.94. The number of halogens is 1. The van der Waals surface area contributed by atoms with Crippen molar-refractivity contribution in [3.63, 3.8) is 0 Å². The van der Waals surface area contributed by atoms with Crippen LogP contribution in [0, 0.1) is 0 Å². The molecule has 0 aliphatic heterocycles. The van der Waals surface area contributed by atoms with E-state index in [1.807, 2.05) is 18.4 Å². The summed E-state index contributed by atoms with van der Waals surface area (Å²) in [7, 11) is 1.64. The fraction of sp³-hybridized carbons (Fsp3) is 0.364. The van der Waals surface area contributed by atoms with Crippen LogP contribution in [0.15, 0.2) is 16.8 Å². The summed E-state index contributed by atoms with van der Waals surface area (Å²) in [5, 5.41) is 11.1. The van der Waals surface area contributed by atoms with Crippen molar-refractivity contribution >= 4 is 28.8 Å². The largest absolute Gasteiger partial charge is 0.346 e. The van der Waals surface area contributed by atoms with Crippen molar-refractivity contribution in [2.45, 2.75) is 19.4 Å². The highest BCUT2D eigenvalue weighted by molar-refractivity contribution is 7.07. The van der Waals surface area contributed by atoms with E-state index in [-0.39, 0.29) is 23.1 Å². The molecule has 0 saturated heterocycles. The first-order chi connectivity index (χ1) is 8.56. The molecule has 2 heterocycles. The van der Waals surface area contributed by atoms with E-state index in [1.54, 1.807) is 18.4 Å². The minimum Gasteiger partial charge on any atom is -0.346 e. The van der Waals surface area contributed by atoms with Crippen LogP contribution in [0.5, 0.6) is 0 Å². The normalized spacial score (nSPS) is 12.4. The summed E-state index contributed by atoms with van der Waals surface area (Å²) < 4.78 is 1.36. The van der Waals surface area contributed by atoms with Crippen molar-refractivity contribution in [3.05, 3.63) is 33.5 Å². The highest BCUT2D eigenvalue weighted by Gasteiger charge is 2.16. The first-order valence-corrected chi connectivity index (χ1v) is 6.77. The zero-order valence-corrected chi connectivity index (χ0v) is 11.6. The number of nitrogens with zero attached hydrogens (tertiary/aromatic N) is 3. The summed E-state index contributed by atoms with van der Waals surface area (Å²) in [5.74, 6) is -0.208. The highest BCUT2D eigenvalue weighted by atomic mass is 35.5. The van der Waals surface area contributed by atoms with Crippen molar-refractivity contribution < 1.29 is 4.79 Å². The molecule has 0 spiro atoms. The molecule has 0 bridgehead atoms. The number of hydrogen-bond donors (Lipinski definition) is 1. The number of carbonyl (C=O) groups excluding carboxylic acids is 1. The predicted molar refractivity (Wildman–Crippen MR) is 71.0 cm³/mol. The molecule has 2 aromatic rings. The average Bonchev–Trinajstić information content (AvgIpc) is 2.90. The van der Waals surface area contributed by atoms with E-state index >= 15 is 0 Å². The van der Waals surface area contributed by atoms with Crippen molar-refractivity contribution in [2.24, 2.45) is 7.05 Å². The van der Waals surface area contributed by atoms with Gasteiger partial charge in [0.1, 0.15) is 0 Å². The SMILES string of the molecule is CC(Cc1ccsc1)NC(=O)c1nc(Cl)n(C)n1. The van der Waals surface area contributed by atoms with Gasteiger partial charge in [0.2, 0.25) is 11.1 Å². The molecule has 0 aliphatic carbocycles. The molecule has 2 rings (SSSR count). The van der Waals surface area contributed by atoms with Gasteiger partial charge in [0, 0.05) is 13.1 Å². The summed E-state index contributed by atoms with van der Waals surface area (Å²) in [5.41, 5.74) is 1.21. The van der Waals surface area contributed by atoms with E-state index in [9.17, 15) is 4.79 Å². The third kappa shape index (κ3) is 3.08. The Hall–Kier alpha value is -1.40. The topological polar surface area (TPSA) is 59.8 Å². The maximum atomic E-state index is 11.8. The molecule has 2 aromatic heterocycles. The molecule has 5 nitrogen and oxygen atoms in total. The Labute approximate surface area is 114 Å². The molecule has 1 N–H and O–H groups in total. The number of rotatable bonds is 4. The van der Waals surface area contributed by atoms with Crippen molar-refractivity contribution in [3.8, 4) is 0 Å². The van der Waals surface area contributed by atoms with Crippen LogP contribution in [0.3, 0.4) is 0 Å². The molecular weight excluding hydrogens is 272 g/mol. The van der Waals surface area contributed by atoms with E-state index < -0.39 is 0 Å². The van der Waals surface area contributed by atoms with E-state index in [0.717, 1.165) is 6.42 Å². The molecule has 0 aromatic carbocycles. The average molecular weight is 285 g/mol. The molecule has 1 unspecified atom stereocenters. The molecule has 0 radical (unpaired) electrons. The van der Waals surface area contributed by atoms with E-state index in [4.69, 9.17) is 11.6 Å². The van der Waals surface area contributed by atoms with Crippen LogP contribution < -0.4 is 5.32 Å². The predicted octanol–water partition coefficient (Wildman–Crippen LogP) is 1.89. The monoisotopic (exact) mass is 284 g/mol. The number of hydrogen-bond acceptors (Lipinski definition) is 4. The van der Waals surface area contributed by atoms with E-state index in [1.165, 1.54) is 10.2 Å². The molecule has 0 fully saturated rings. The Bertz CT molecular complexity index is 518. The minimum absolute atomic E-state index is 0.0229. The minimum atomic E-state index is -0.305. The summed E-state index contributed by atoms with van der Waals surface area (Å²) in [4.78, 5) is 15.7. The number of aryl methyl sites for hydroxylation is 1. The van der Waals surface area contributed by atoms with Crippen molar-refractivity contribution in [1.82, 2.24) is 20.1 Å². The van der Waals surface area contributed by atoms with Gasteiger partial charge in [-0.05, 0) is 47.3 Å². The Morgan fingerprint density at radius 1 is 1.67 bits per heavy atom. The summed E-state index contributed by atoms with van der Waals surface area (Å²) in [6.07, 6.45) is 0.788. The number of aromatic nitrogens is 3. The van der Waals surface area contributed by atoms with Gasteiger partial charge < -0.3 is 5.32 Å². The van der Waals surface area contributed by atoms with Gasteiger partial charge in [0.25, 0.3) is 5.91 Å². The quantitative estimate of drug-likeness (QED) is 0.933. The first-order valence-electron chi connectivity index (χ1n) is 5.44. The Morgan fingerprint density at radius 2 is 2.44 bits per heavy atom. The van der Waals surface area contributed by atoms with E-state index in [0.29, 0.717) is 0 Å². The Balaban J connectivity index is 1.94. The number of carbonyl (C=O) groups is 1. The lowest BCUT2D eigenvalue weighted by molar-refractivity contribution is 0.0929. The molecule has 1 amide bonds. The second-order valence-electron chi connectivity index (χ2n) is 4.04. The van der Waals surface area contributed by atoms with Gasteiger partial charge in [-0.2, -0.15) is 16.3 Å². The van der Waals surface area contributed by atoms with Gasteiger partial charge in [-0.15, -0.1) is 5.10 Å². The Morgan fingerprint density at radius 3 is 3.00 bits per heavy atom. The maximum Gasteiger partial charge on any atom is 0.291 e. The van der Waals surface area contributed by atoms with Gasteiger partial charge in [-0.3, -0.25) is 4.79 Å².